The van der Waals surface area contributed by atoms with Gasteiger partial charge in [-0.15, -0.1) is 0 Å². The van der Waals surface area contributed by atoms with E-state index in [9.17, 15) is 14.4 Å². The molecule has 1 aromatic heterocycles. The number of ether oxygens (including phenoxy) is 2. The quantitative estimate of drug-likeness (QED) is 0.528. The van der Waals surface area contributed by atoms with Gasteiger partial charge >= 0.3 is 0 Å². The van der Waals surface area contributed by atoms with E-state index in [4.69, 9.17) is 9.47 Å². The van der Waals surface area contributed by atoms with Crippen molar-refractivity contribution in [2.24, 2.45) is 5.92 Å². The normalized spacial score (nSPS) is 14.4. The number of amides is 2. The second-order valence-corrected chi connectivity index (χ2v) is 8.67. The third-order valence-electron chi connectivity index (χ3n) is 6.02. The molecule has 2 aromatic rings. The summed E-state index contributed by atoms with van der Waals surface area (Å²) in [5.41, 5.74) is 0.261. The summed E-state index contributed by atoms with van der Waals surface area (Å²) in [5, 5.41) is 6.10. The van der Waals surface area contributed by atoms with Gasteiger partial charge in [0.2, 0.25) is 18.1 Å². The van der Waals surface area contributed by atoms with Crippen LogP contribution in [0.25, 0.3) is 10.9 Å². The fraction of sp³-hybridized carbons (Fsp3) is 0.542. The first-order valence-corrected chi connectivity index (χ1v) is 11.5. The lowest BCUT2D eigenvalue weighted by Gasteiger charge is -2.24. The van der Waals surface area contributed by atoms with Crippen LogP contribution in [0.5, 0.6) is 11.5 Å². The highest BCUT2D eigenvalue weighted by Gasteiger charge is 2.28. The average molecular weight is 459 g/mol. The molecule has 2 amide bonds. The van der Waals surface area contributed by atoms with Crippen molar-refractivity contribution in [2.45, 2.75) is 46.2 Å². The molecule has 0 aliphatic carbocycles. The molecule has 2 atom stereocenters. The van der Waals surface area contributed by atoms with Crippen molar-refractivity contribution < 1.29 is 19.1 Å². The van der Waals surface area contributed by atoms with E-state index >= 15 is 0 Å². The summed E-state index contributed by atoms with van der Waals surface area (Å²) >= 11 is 0. The zero-order valence-corrected chi connectivity index (χ0v) is 20.1. The van der Waals surface area contributed by atoms with Gasteiger partial charge in [0.05, 0.1) is 10.9 Å². The maximum Gasteiger partial charge on any atom is 0.257 e. The third-order valence-corrected chi connectivity index (χ3v) is 6.02. The van der Waals surface area contributed by atoms with E-state index in [1.165, 1.54) is 0 Å². The SMILES string of the molecule is CC[C@@H](C)[C@H](NC(=O)c1cn(CC)c2cc3c(cc2c1=O)OCO3)C(=O)NCCCN(C)C. The van der Waals surface area contributed by atoms with E-state index < -0.39 is 17.4 Å². The molecule has 0 spiro atoms. The Kier molecular flexibility index (Phi) is 7.97. The van der Waals surface area contributed by atoms with Crippen molar-refractivity contribution in [1.29, 1.82) is 0 Å². The number of nitrogens with zero attached hydrogens (tertiary/aromatic N) is 2. The largest absolute Gasteiger partial charge is 0.454 e. The summed E-state index contributed by atoms with van der Waals surface area (Å²) in [4.78, 5) is 41.3. The number of benzene rings is 1. The van der Waals surface area contributed by atoms with Gasteiger partial charge in [0.15, 0.2) is 11.5 Å². The summed E-state index contributed by atoms with van der Waals surface area (Å²) in [6.07, 6.45) is 3.06. The van der Waals surface area contributed by atoms with Gasteiger partial charge in [-0.05, 0) is 46.0 Å². The Morgan fingerprint density at radius 2 is 1.88 bits per heavy atom. The van der Waals surface area contributed by atoms with Crippen molar-refractivity contribution in [2.75, 3.05) is 34.0 Å². The van der Waals surface area contributed by atoms with Crippen LogP contribution in [0.1, 0.15) is 44.0 Å². The Hall–Kier alpha value is -3.07. The molecule has 9 nitrogen and oxygen atoms in total. The third kappa shape index (κ3) is 5.47. The van der Waals surface area contributed by atoms with Crippen molar-refractivity contribution in [1.82, 2.24) is 20.1 Å². The molecule has 9 heteroatoms. The molecule has 1 aromatic carbocycles. The average Bonchev–Trinajstić information content (AvgIpc) is 3.26. The molecule has 1 aliphatic rings. The highest BCUT2D eigenvalue weighted by molar-refractivity contribution is 6.00. The van der Waals surface area contributed by atoms with Crippen LogP contribution in [0.3, 0.4) is 0 Å². The first-order chi connectivity index (χ1) is 15.8. The van der Waals surface area contributed by atoms with E-state index in [0.29, 0.717) is 41.9 Å². The van der Waals surface area contributed by atoms with E-state index in [-0.39, 0.29) is 24.2 Å². The predicted molar refractivity (Wildman–Crippen MR) is 127 cm³/mol. The van der Waals surface area contributed by atoms with E-state index in [0.717, 1.165) is 13.0 Å². The van der Waals surface area contributed by atoms with Crippen LogP contribution in [0.15, 0.2) is 23.1 Å². The molecule has 2 heterocycles. The Balaban J connectivity index is 1.86. The first-order valence-electron chi connectivity index (χ1n) is 11.5. The molecule has 0 radical (unpaired) electrons. The second-order valence-electron chi connectivity index (χ2n) is 8.67. The first kappa shape index (κ1) is 24.6. The molecule has 2 N–H and O–H groups in total. The van der Waals surface area contributed by atoms with Gasteiger partial charge < -0.3 is 29.6 Å². The van der Waals surface area contributed by atoms with Crippen LogP contribution in [-0.2, 0) is 11.3 Å². The second kappa shape index (κ2) is 10.7. The predicted octanol–water partition coefficient (Wildman–Crippen LogP) is 1.96. The van der Waals surface area contributed by atoms with Crippen LogP contribution < -0.4 is 25.5 Å². The Labute approximate surface area is 194 Å². The minimum Gasteiger partial charge on any atom is -0.454 e. The van der Waals surface area contributed by atoms with Gasteiger partial charge in [0, 0.05) is 25.4 Å². The topological polar surface area (TPSA) is 102 Å². The summed E-state index contributed by atoms with van der Waals surface area (Å²) < 4.78 is 12.7. The van der Waals surface area contributed by atoms with Crippen molar-refractivity contribution in [3.05, 3.63) is 34.1 Å². The Morgan fingerprint density at radius 3 is 2.52 bits per heavy atom. The number of carbonyl (C=O) groups excluding carboxylic acids is 2. The molecule has 3 rings (SSSR count). The molecule has 0 fully saturated rings. The summed E-state index contributed by atoms with van der Waals surface area (Å²) in [5.74, 6) is 0.163. The zero-order valence-electron chi connectivity index (χ0n) is 20.1. The number of aromatic nitrogens is 1. The number of carbonyl (C=O) groups is 2. The minimum absolute atomic E-state index is 0.00285. The van der Waals surface area contributed by atoms with E-state index in [1.807, 2.05) is 44.3 Å². The summed E-state index contributed by atoms with van der Waals surface area (Å²) in [7, 11) is 3.95. The van der Waals surface area contributed by atoms with Crippen LogP contribution in [0, 0.1) is 5.92 Å². The lowest BCUT2D eigenvalue weighted by atomic mass is 9.97. The summed E-state index contributed by atoms with van der Waals surface area (Å²) in [6.45, 7) is 7.83. The Morgan fingerprint density at radius 1 is 1.18 bits per heavy atom. The fourth-order valence-electron chi connectivity index (χ4n) is 3.84. The molecule has 0 saturated heterocycles. The van der Waals surface area contributed by atoms with E-state index in [1.54, 1.807) is 18.3 Å². The van der Waals surface area contributed by atoms with Gasteiger partial charge in [-0.2, -0.15) is 0 Å². The number of hydrogen-bond acceptors (Lipinski definition) is 6. The highest BCUT2D eigenvalue weighted by atomic mass is 16.7. The summed E-state index contributed by atoms with van der Waals surface area (Å²) in [6, 6.07) is 2.64. The number of fused-ring (bicyclic) bond motifs is 2. The molecular formula is C24H34N4O5. The van der Waals surface area contributed by atoms with Gasteiger partial charge in [0.1, 0.15) is 11.6 Å². The van der Waals surface area contributed by atoms with Crippen molar-refractivity contribution in [3.63, 3.8) is 0 Å². The van der Waals surface area contributed by atoms with Crippen LogP contribution in [-0.4, -0.2) is 61.3 Å². The molecule has 1 aliphatic heterocycles. The number of hydrogen-bond donors (Lipinski definition) is 2. The maximum absolute atomic E-state index is 13.2. The van der Waals surface area contributed by atoms with Crippen molar-refractivity contribution >= 4 is 22.7 Å². The standard InChI is InChI=1S/C24H34N4O5/c1-6-15(3)21(24(31)25-9-8-10-27(4)5)26-23(30)17-13-28(7-2)18-12-20-19(32-14-33-20)11-16(18)22(17)29/h11-13,15,21H,6-10,14H2,1-5H3,(H,25,31)(H,26,30)/t15-,21+/m1/s1. The van der Waals surface area contributed by atoms with Crippen molar-refractivity contribution in [3.8, 4) is 11.5 Å². The monoisotopic (exact) mass is 458 g/mol. The minimum atomic E-state index is -0.733. The zero-order chi connectivity index (χ0) is 24.1. The number of pyridine rings is 1. The van der Waals surface area contributed by atoms with Gasteiger partial charge in [-0.1, -0.05) is 20.3 Å². The van der Waals surface area contributed by atoms with E-state index in [2.05, 4.69) is 10.6 Å². The Bertz CT molecular complexity index is 1080. The van der Waals surface area contributed by atoms with Crippen LogP contribution in [0.2, 0.25) is 0 Å². The molecule has 33 heavy (non-hydrogen) atoms. The fourth-order valence-corrected chi connectivity index (χ4v) is 3.84. The van der Waals surface area contributed by atoms with Gasteiger partial charge in [-0.25, -0.2) is 0 Å². The highest BCUT2D eigenvalue weighted by Crippen LogP contribution is 2.35. The van der Waals surface area contributed by atoms with Gasteiger partial charge in [-0.3, -0.25) is 14.4 Å². The number of aryl methyl sites for hydroxylation is 1. The number of nitrogens with one attached hydrogen (secondary N) is 2. The van der Waals surface area contributed by atoms with Crippen LogP contribution >= 0.6 is 0 Å². The molecule has 0 bridgehead atoms. The van der Waals surface area contributed by atoms with Crippen LogP contribution in [0.4, 0.5) is 0 Å². The number of rotatable bonds is 10. The molecule has 0 saturated carbocycles. The molecule has 0 unspecified atom stereocenters. The molecule has 180 valence electrons. The maximum atomic E-state index is 13.2. The smallest absolute Gasteiger partial charge is 0.257 e. The lowest BCUT2D eigenvalue weighted by Crippen LogP contribution is -2.51. The molecular weight excluding hydrogens is 424 g/mol. The van der Waals surface area contributed by atoms with Gasteiger partial charge in [0.25, 0.3) is 5.91 Å². The lowest BCUT2D eigenvalue weighted by molar-refractivity contribution is -0.124.